The Morgan fingerprint density at radius 1 is 1.38 bits per heavy atom. The zero-order valence-corrected chi connectivity index (χ0v) is 17.0. The Morgan fingerprint density at radius 2 is 2.04 bits per heavy atom. The summed E-state index contributed by atoms with van der Waals surface area (Å²) in [5, 5.41) is 14.2. The molecular weight excluding hydrogens is 350 g/mol. The zero-order chi connectivity index (χ0) is 19.3. The molecule has 2 heterocycles. The van der Waals surface area contributed by atoms with Crippen LogP contribution in [-0.2, 0) is 9.59 Å². The van der Waals surface area contributed by atoms with Crippen molar-refractivity contribution >= 4 is 23.2 Å². The largest absolute Gasteiger partial charge is 0.480 e. The van der Waals surface area contributed by atoms with E-state index in [2.05, 4.69) is 37.1 Å². The van der Waals surface area contributed by atoms with Crippen LogP contribution >= 0.6 is 11.3 Å². The topological polar surface area (TPSA) is 72.9 Å². The fourth-order valence-corrected chi connectivity index (χ4v) is 4.46. The van der Waals surface area contributed by atoms with E-state index < -0.39 is 5.97 Å². The van der Waals surface area contributed by atoms with Crippen molar-refractivity contribution < 1.29 is 14.7 Å². The lowest BCUT2D eigenvalue weighted by atomic mass is 9.85. The third-order valence-electron chi connectivity index (χ3n) is 4.93. The lowest BCUT2D eigenvalue weighted by Crippen LogP contribution is -2.48. The molecule has 1 saturated heterocycles. The van der Waals surface area contributed by atoms with Crippen molar-refractivity contribution in [1.29, 1.82) is 0 Å². The first-order chi connectivity index (χ1) is 12.2. The van der Waals surface area contributed by atoms with Gasteiger partial charge in [-0.05, 0) is 36.8 Å². The van der Waals surface area contributed by atoms with Crippen LogP contribution in [0.4, 0.5) is 0 Å². The van der Waals surface area contributed by atoms with Gasteiger partial charge in [0, 0.05) is 24.0 Å². The van der Waals surface area contributed by atoms with E-state index in [9.17, 15) is 9.59 Å². The van der Waals surface area contributed by atoms with Gasteiger partial charge in [-0.2, -0.15) is 0 Å². The molecule has 7 heteroatoms. The fourth-order valence-electron chi connectivity index (χ4n) is 3.44. The number of likely N-dealkylation sites (N-methyl/N-ethyl adjacent to an activating group) is 1. The first kappa shape index (κ1) is 20.9. The molecule has 0 spiro atoms. The molecule has 1 aliphatic heterocycles. The van der Waals surface area contributed by atoms with Crippen molar-refractivity contribution in [1.82, 2.24) is 15.1 Å². The van der Waals surface area contributed by atoms with Crippen LogP contribution in [0.1, 0.15) is 44.5 Å². The summed E-state index contributed by atoms with van der Waals surface area (Å²) in [6.07, 6.45) is 1.79. The Labute approximate surface area is 160 Å². The molecule has 0 aliphatic carbocycles. The third-order valence-corrected chi connectivity index (χ3v) is 5.87. The minimum atomic E-state index is -0.795. The molecule has 0 aromatic carbocycles. The number of hydrogen-bond donors (Lipinski definition) is 2. The summed E-state index contributed by atoms with van der Waals surface area (Å²) in [6.45, 7) is 8.53. The number of carboxylic acid groups (broad SMARTS) is 1. The Morgan fingerprint density at radius 3 is 2.54 bits per heavy atom. The number of thiophene rings is 1. The van der Waals surface area contributed by atoms with E-state index in [4.69, 9.17) is 5.11 Å². The number of aliphatic carboxylic acids is 1. The van der Waals surface area contributed by atoms with Gasteiger partial charge in [0.05, 0.1) is 19.1 Å². The molecule has 1 atom stereocenters. The maximum absolute atomic E-state index is 12.6. The number of carbonyl (C=O) groups is 2. The van der Waals surface area contributed by atoms with Gasteiger partial charge in [0.2, 0.25) is 5.91 Å². The van der Waals surface area contributed by atoms with Crippen LogP contribution in [0.3, 0.4) is 0 Å². The van der Waals surface area contributed by atoms with Gasteiger partial charge in [0.15, 0.2) is 0 Å². The number of nitrogens with zero attached hydrogens (tertiary/aromatic N) is 2. The number of rotatable bonds is 7. The Balaban J connectivity index is 1.84. The summed E-state index contributed by atoms with van der Waals surface area (Å²) in [4.78, 5) is 28.7. The van der Waals surface area contributed by atoms with Gasteiger partial charge in [-0.25, -0.2) is 0 Å². The molecule has 146 valence electrons. The van der Waals surface area contributed by atoms with Gasteiger partial charge in [-0.3, -0.25) is 19.4 Å². The van der Waals surface area contributed by atoms with E-state index >= 15 is 0 Å². The van der Waals surface area contributed by atoms with Gasteiger partial charge >= 0.3 is 5.97 Å². The number of carboxylic acids is 1. The van der Waals surface area contributed by atoms with Crippen molar-refractivity contribution in [3.8, 4) is 0 Å². The second-order valence-corrected chi connectivity index (χ2v) is 9.18. The molecule has 1 fully saturated rings. The molecule has 0 radical (unpaired) electrons. The first-order valence-electron chi connectivity index (χ1n) is 9.14. The van der Waals surface area contributed by atoms with Gasteiger partial charge < -0.3 is 10.4 Å². The minimum absolute atomic E-state index is 0.00855. The van der Waals surface area contributed by atoms with Gasteiger partial charge in [0.1, 0.15) is 0 Å². The van der Waals surface area contributed by atoms with E-state index in [1.165, 1.54) is 4.88 Å². The smallest absolute Gasteiger partial charge is 0.317 e. The highest BCUT2D eigenvalue weighted by Gasteiger charge is 2.30. The summed E-state index contributed by atoms with van der Waals surface area (Å²) in [7, 11) is 1.86. The van der Waals surface area contributed by atoms with Crippen molar-refractivity contribution in [3.05, 3.63) is 22.4 Å². The van der Waals surface area contributed by atoms with E-state index in [-0.39, 0.29) is 30.0 Å². The molecule has 1 unspecified atom stereocenters. The van der Waals surface area contributed by atoms with Gasteiger partial charge in [-0.1, -0.05) is 26.8 Å². The Kier molecular flexibility index (Phi) is 7.20. The second-order valence-electron chi connectivity index (χ2n) is 8.20. The normalized spacial score (nSPS) is 18.0. The van der Waals surface area contributed by atoms with Crippen molar-refractivity contribution in [2.75, 3.05) is 33.2 Å². The average Bonchev–Trinajstić information content (AvgIpc) is 3.05. The molecule has 1 aliphatic rings. The van der Waals surface area contributed by atoms with Crippen LogP contribution < -0.4 is 5.32 Å². The molecule has 2 N–H and O–H groups in total. The van der Waals surface area contributed by atoms with E-state index in [1.807, 2.05) is 23.4 Å². The van der Waals surface area contributed by atoms with Crippen LogP contribution in [0.15, 0.2) is 17.5 Å². The predicted octanol–water partition coefficient (Wildman–Crippen LogP) is 2.43. The number of nitrogens with one attached hydrogen (secondary N) is 1. The SMILES string of the molecule is CN(CC(=O)O)C1CCN(CC(=O)NC(c2cccs2)C(C)(C)C)CC1. The number of carbonyl (C=O) groups excluding carboxylic acids is 1. The highest BCUT2D eigenvalue weighted by Crippen LogP contribution is 2.35. The molecule has 0 saturated carbocycles. The fraction of sp³-hybridized carbons (Fsp3) is 0.684. The molecule has 0 bridgehead atoms. The summed E-state index contributed by atoms with van der Waals surface area (Å²) in [6, 6.07) is 4.38. The monoisotopic (exact) mass is 381 g/mol. The number of piperidine rings is 1. The van der Waals surface area contributed by atoms with Crippen LogP contribution in [0.25, 0.3) is 0 Å². The van der Waals surface area contributed by atoms with Crippen molar-refractivity contribution in [2.24, 2.45) is 5.41 Å². The maximum Gasteiger partial charge on any atom is 0.317 e. The third kappa shape index (κ3) is 6.07. The van der Waals surface area contributed by atoms with Crippen LogP contribution in [0, 0.1) is 5.41 Å². The minimum Gasteiger partial charge on any atom is -0.480 e. The summed E-state index contributed by atoms with van der Waals surface area (Å²) in [5.41, 5.74) is -0.0486. The van der Waals surface area contributed by atoms with Crippen molar-refractivity contribution in [3.63, 3.8) is 0 Å². The zero-order valence-electron chi connectivity index (χ0n) is 16.2. The first-order valence-corrected chi connectivity index (χ1v) is 10.0. The van der Waals surface area contributed by atoms with Crippen LogP contribution in [0.2, 0.25) is 0 Å². The standard InChI is InChI=1S/C19H31N3O3S/c1-19(2,3)18(15-6-5-11-26-15)20-16(23)12-22-9-7-14(8-10-22)21(4)13-17(24)25/h5-6,11,14,18H,7-10,12-13H2,1-4H3,(H,20,23)(H,24,25). The Bertz CT molecular complexity index is 590. The molecule has 2 rings (SSSR count). The van der Waals surface area contributed by atoms with Crippen LogP contribution in [0.5, 0.6) is 0 Å². The molecule has 1 amide bonds. The van der Waals surface area contributed by atoms with Gasteiger partial charge in [-0.15, -0.1) is 11.3 Å². The predicted molar refractivity (Wildman–Crippen MR) is 104 cm³/mol. The molecule has 1 aromatic rings. The van der Waals surface area contributed by atoms with Crippen molar-refractivity contribution in [2.45, 2.75) is 45.7 Å². The molecular formula is C19H31N3O3S. The number of amides is 1. The van der Waals surface area contributed by atoms with E-state index in [1.54, 1.807) is 11.3 Å². The second kappa shape index (κ2) is 8.97. The maximum atomic E-state index is 12.6. The highest BCUT2D eigenvalue weighted by atomic mass is 32.1. The molecule has 26 heavy (non-hydrogen) atoms. The van der Waals surface area contributed by atoms with E-state index in [0.29, 0.717) is 6.54 Å². The van der Waals surface area contributed by atoms with Crippen LogP contribution in [-0.4, -0.2) is 66.1 Å². The average molecular weight is 382 g/mol. The Hall–Kier alpha value is -1.44. The lowest BCUT2D eigenvalue weighted by Gasteiger charge is -2.36. The highest BCUT2D eigenvalue weighted by molar-refractivity contribution is 7.10. The van der Waals surface area contributed by atoms with Gasteiger partial charge in [0.25, 0.3) is 0 Å². The molecule has 6 nitrogen and oxygen atoms in total. The molecule has 1 aromatic heterocycles. The summed E-state index contributed by atoms with van der Waals surface area (Å²) in [5.74, 6) is -0.744. The number of likely N-dealkylation sites (tertiary alicyclic amines) is 1. The quantitative estimate of drug-likeness (QED) is 0.759. The lowest BCUT2D eigenvalue weighted by molar-refractivity contribution is -0.138. The number of hydrogen-bond acceptors (Lipinski definition) is 5. The summed E-state index contributed by atoms with van der Waals surface area (Å²) >= 11 is 1.67. The summed E-state index contributed by atoms with van der Waals surface area (Å²) < 4.78 is 0. The van der Waals surface area contributed by atoms with E-state index in [0.717, 1.165) is 25.9 Å².